The molecule has 0 bridgehead atoms. The lowest BCUT2D eigenvalue weighted by Crippen LogP contribution is -2.10. The van der Waals surface area contributed by atoms with Gasteiger partial charge < -0.3 is 4.98 Å². The van der Waals surface area contributed by atoms with E-state index < -0.39 is 0 Å². The number of nitrogens with one attached hydrogen (secondary N) is 1. The van der Waals surface area contributed by atoms with Crippen LogP contribution in [0.5, 0.6) is 0 Å². The number of aromatic amines is 1. The van der Waals surface area contributed by atoms with Gasteiger partial charge in [0, 0.05) is 34.6 Å². The van der Waals surface area contributed by atoms with Crippen molar-refractivity contribution in [2.75, 3.05) is 0 Å². The van der Waals surface area contributed by atoms with E-state index in [1.165, 1.54) is 12.4 Å². The Kier molecular flexibility index (Phi) is 5.60. The zero-order valence-electron chi connectivity index (χ0n) is 12.1. The number of pyridine rings is 1. The van der Waals surface area contributed by atoms with Crippen LogP contribution in [0.1, 0.15) is 0 Å². The first-order valence-electron chi connectivity index (χ1n) is 6.81. The average molecular weight is 454 g/mol. The van der Waals surface area contributed by atoms with E-state index in [1.807, 2.05) is 0 Å². The van der Waals surface area contributed by atoms with Gasteiger partial charge in [-0.1, -0.05) is 69.6 Å². The van der Waals surface area contributed by atoms with Crippen LogP contribution in [0.4, 0.5) is 0 Å². The molecule has 25 heavy (non-hydrogen) atoms. The molecular weight excluding hydrogens is 447 g/mol. The van der Waals surface area contributed by atoms with Crippen LogP contribution in [0.2, 0.25) is 30.1 Å². The normalized spacial score (nSPS) is 11.0. The number of hydrogen-bond acceptors (Lipinski definition) is 1. The van der Waals surface area contributed by atoms with Crippen LogP contribution >= 0.6 is 69.6 Å². The first-order valence-corrected chi connectivity index (χ1v) is 9.08. The van der Waals surface area contributed by atoms with Gasteiger partial charge in [-0.15, -0.1) is 0 Å². The van der Waals surface area contributed by atoms with Gasteiger partial charge in [0.2, 0.25) is 0 Å². The molecule has 1 aromatic heterocycles. The number of rotatable bonds is 2. The Morgan fingerprint density at radius 1 is 0.600 bits per heavy atom. The second-order valence-corrected chi connectivity index (χ2v) is 7.43. The molecule has 0 fully saturated rings. The highest BCUT2D eigenvalue weighted by Crippen LogP contribution is 2.40. The molecule has 0 radical (unpaired) electrons. The van der Waals surface area contributed by atoms with Gasteiger partial charge >= 0.3 is 0 Å². The molecule has 0 aliphatic rings. The summed E-state index contributed by atoms with van der Waals surface area (Å²) in [7, 11) is 0. The molecule has 0 spiro atoms. The van der Waals surface area contributed by atoms with Gasteiger partial charge in [-0.2, -0.15) is 0 Å². The molecule has 1 N–H and O–H groups in total. The lowest BCUT2D eigenvalue weighted by molar-refractivity contribution is 1.30. The van der Waals surface area contributed by atoms with Crippen LogP contribution in [0.15, 0.2) is 41.5 Å². The number of halogens is 6. The fourth-order valence-electron chi connectivity index (χ4n) is 2.40. The highest BCUT2D eigenvalue weighted by Gasteiger charge is 2.20. The quantitative estimate of drug-likeness (QED) is 0.397. The van der Waals surface area contributed by atoms with E-state index in [0.29, 0.717) is 21.2 Å². The lowest BCUT2D eigenvalue weighted by atomic mass is 10.0. The smallest absolute Gasteiger partial charge is 0.197 e. The molecular formula is C17H7Cl6NO. The van der Waals surface area contributed by atoms with Crippen molar-refractivity contribution in [2.24, 2.45) is 0 Å². The Morgan fingerprint density at radius 3 is 1.36 bits per heavy atom. The molecule has 0 saturated heterocycles. The van der Waals surface area contributed by atoms with Gasteiger partial charge in [0.1, 0.15) is 0 Å². The van der Waals surface area contributed by atoms with Gasteiger partial charge in [0.25, 0.3) is 0 Å². The van der Waals surface area contributed by atoms with Gasteiger partial charge in [0.05, 0.1) is 30.1 Å². The number of benzene rings is 2. The van der Waals surface area contributed by atoms with E-state index in [1.54, 1.807) is 24.3 Å². The Bertz CT molecular complexity index is 965. The summed E-state index contributed by atoms with van der Waals surface area (Å²) in [6, 6.07) is 6.24. The second kappa shape index (κ2) is 7.40. The van der Waals surface area contributed by atoms with Crippen molar-refractivity contribution >= 4 is 69.6 Å². The van der Waals surface area contributed by atoms with Crippen LogP contribution in [-0.4, -0.2) is 4.98 Å². The van der Waals surface area contributed by atoms with Crippen molar-refractivity contribution in [3.8, 4) is 22.3 Å². The van der Waals surface area contributed by atoms with Crippen molar-refractivity contribution in [2.45, 2.75) is 0 Å². The predicted molar refractivity (Wildman–Crippen MR) is 108 cm³/mol. The summed E-state index contributed by atoms with van der Waals surface area (Å²) in [6.07, 6.45) is 2.98. The maximum absolute atomic E-state index is 13.1. The van der Waals surface area contributed by atoms with E-state index in [9.17, 15) is 4.79 Å². The zero-order chi connectivity index (χ0) is 18.3. The molecule has 3 aromatic rings. The highest BCUT2D eigenvalue weighted by molar-refractivity contribution is 6.47. The Morgan fingerprint density at radius 2 is 0.960 bits per heavy atom. The van der Waals surface area contributed by atoms with Crippen LogP contribution < -0.4 is 5.43 Å². The molecule has 128 valence electrons. The largest absolute Gasteiger partial charge is 0.366 e. The molecule has 3 rings (SSSR count). The van der Waals surface area contributed by atoms with Crippen molar-refractivity contribution in [1.29, 1.82) is 0 Å². The fraction of sp³-hybridized carbons (Fsp3) is 0. The van der Waals surface area contributed by atoms with Crippen LogP contribution in [0.25, 0.3) is 22.3 Å². The zero-order valence-corrected chi connectivity index (χ0v) is 16.7. The highest BCUT2D eigenvalue weighted by atomic mass is 35.5. The van der Waals surface area contributed by atoms with Crippen molar-refractivity contribution in [1.82, 2.24) is 4.98 Å². The standard InChI is InChI=1S/C17H7Cl6NO/c18-9-1-3-11(20)15(22)13(9)7-5-24-6-8(17(7)25)14-10(19)2-4-12(21)16(14)23/h1-6H,(H,24,25). The monoisotopic (exact) mass is 451 g/mol. The Hall–Kier alpha value is -0.870. The van der Waals surface area contributed by atoms with Crippen LogP contribution in [0, 0.1) is 0 Å². The number of hydrogen-bond donors (Lipinski definition) is 1. The second-order valence-electron chi connectivity index (χ2n) is 5.05. The van der Waals surface area contributed by atoms with Gasteiger partial charge in [-0.25, -0.2) is 0 Å². The summed E-state index contributed by atoms with van der Waals surface area (Å²) < 4.78 is 0. The summed E-state index contributed by atoms with van der Waals surface area (Å²) >= 11 is 37.1. The molecule has 0 amide bonds. The topological polar surface area (TPSA) is 32.9 Å². The van der Waals surface area contributed by atoms with Crippen LogP contribution in [0.3, 0.4) is 0 Å². The molecule has 8 heteroatoms. The fourth-order valence-corrected chi connectivity index (χ4v) is 3.87. The summed E-state index contributed by atoms with van der Waals surface area (Å²) in [5, 5.41) is 1.51. The van der Waals surface area contributed by atoms with Gasteiger partial charge in [-0.3, -0.25) is 4.79 Å². The summed E-state index contributed by atoms with van der Waals surface area (Å²) in [4.78, 5) is 16.0. The average Bonchev–Trinajstić information content (AvgIpc) is 2.58. The van der Waals surface area contributed by atoms with E-state index in [0.717, 1.165) is 0 Å². The third-order valence-corrected chi connectivity index (χ3v) is 5.81. The SMILES string of the molecule is O=c1c(-c2c(Cl)ccc(Cl)c2Cl)c[nH]cc1-c1c(Cl)ccc(Cl)c1Cl. The predicted octanol–water partition coefficient (Wildman–Crippen LogP) is 7.63. The first kappa shape index (κ1) is 18.9. The molecule has 0 saturated carbocycles. The minimum atomic E-state index is -0.365. The summed E-state index contributed by atoms with van der Waals surface area (Å²) in [6.45, 7) is 0. The lowest BCUT2D eigenvalue weighted by Gasteiger charge is -2.12. The molecule has 1 heterocycles. The molecule has 2 nitrogen and oxygen atoms in total. The van der Waals surface area contributed by atoms with E-state index >= 15 is 0 Å². The van der Waals surface area contributed by atoms with E-state index in [2.05, 4.69) is 4.98 Å². The van der Waals surface area contributed by atoms with Crippen LogP contribution in [-0.2, 0) is 0 Å². The summed E-state index contributed by atoms with van der Waals surface area (Å²) in [5.41, 5.74) is 0.765. The molecule has 0 aliphatic heterocycles. The number of H-pyrrole nitrogens is 1. The molecule has 0 aliphatic carbocycles. The maximum atomic E-state index is 13.1. The minimum Gasteiger partial charge on any atom is -0.366 e. The number of aromatic nitrogens is 1. The maximum Gasteiger partial charge on any atom is 0.197 e. The first-order chi connectivity index (χ1) is 11.8. The third kappa shape index (κ3) is 3.40. The third-order valence-electron chi connectivity index (χ3n) is 3.57. The molecule has 0 atom stereocenters. The van der Waals surface area contributed by atoms with Crippen molar-refractivity contribution < 1.29 is 0 Å². The Labute approximate surface area is 173 Å². The minimum absolute atomic E-state index is 0.181. The van der Waals surface area contributed by atoms with Crippen molar-refractivity contribution in [3.05, 3.63) is 77.0 Å². The molecule has 0 unspecified atom stereocenters. The Balaban J connectivity index is 2.34. The van der Waals surface area contributed by atoms with E-state index in [-0.39, 0.29) is 36.6 Å². The molecule has 2 aromatic carbocycles. The van der Waals surface area contributed by atoms with E-state index in [4.69, 9.17) is 69.6 Å². The van der Waals surface area contributed by atoms with Gasteiger partial charge in [-0.05, 0) is 24.3 Å². The van der Waals surface area contributed by atoms with Crippen molar-refractivity contribution in [3.63, 3.8) is 0 Å². The van der Waals surface area contributed by atoms with Gasteiger partial charge in [0.15, 0.2) is 5.43 Å². The summed E-state index contributed by atoms with van der Waals surface area (Å²) in [5.74, 6) is 0.